The average molecular weight is 456 g/mol. The molecule has 0 aliphatic carbocycles. The molecule has 1 heterocycles. The molecule has 0 fully saturated rings. The first-order chi connectivity index (χ1) is 13.4. The van der Waals surface area contributed by atoms with Gasteiger partial charge in [0.25, 0.3) is 5.91 Å². The maximum atomic E-state index is 12.3. The number of furan rings is 1. The summed E-state index contributed by atoms with van der Waals surface area (Å²) in [6.07, 6.45) is 0. The largest absolute Gasteiger partial charge is 0.459 e. The smallest absolute Gasteiger partial charge is 0.257 e. The average Bonchev–Trinajstić information content (AvgIpc) is 3.15. The van der Waals surface area contributed by atoms with Crippen molar-refractivity contribution in [3.05, 3.63) is 74.9 Å². The highest BCUT2D eigenvalue weighted by Gasteiger charge is 2.12. The van der Waals surface area contributed by atoms with E-state index in [1.165, 1.54) is 18.2 Å². The SMILES string of the molecule is O=C(NC(=S)Nc1cc(-c2ccc(CO)o2)ccc1Cl)c1ccc(Cl)c(Cl)c1. The van der Waals surface area contributed by atoms with Crippen LogP contribution in [0.1, 0.15) is 16.1 Å². The lowest BCUT2D eigenvalue weighted by Gasteiger charge is -2.12. The minimum absolute atomic E-state index is 0.0608. The lowest BCUT2D eigenvalue weighted by Crippen LogP contribution is -2.34. The van der Waals surface area contributed by atoms with Gasteiger partial charge in [0.2, 0.25) is 0 Å². The van der Waals surface area contributed by atoms with Gasteiger partial charge < -0.3 is 14.8 Å². The second-order valence-corrected chi connectivity index (χ2v) is 7.29. The van der Waals surface area contributed by atoms with Crippen LogP contribution in [0.4, 0.5) is 5.69 Å². The zero-order chi connectivity index (χ0) is 20.3. The summed E-state index contributed by atoms with van der Waals surface area (Å²) in [6, 6.07) is 13.1. The lowest BCUT2D eigenvalue weighted by molar-refractivity contribution is 0.0977. The number of carbonyl (C=O) groups excluding carboxylic acids is 1. The van der Waals surface area contributed by atoms with E-state index >= 15 is 0 Å². The van der Waals surface area contributed by atoms with Crippen molar-refractivity contribution in [1.82, 2.24) is 5.32 Å². The third-order valence-electron chi connectivity index (χ3n) is 3.73. The molecule has 3 N–H and O–H groups in total. The van der Waals surface area contributed by atoms with Crippen molar-refractivity contribution in [1.29, 1.82) is 0 Å². The predicted molar refractivity (Wildman–Crippen MR) is 115 cm³/mol. The molecule has 5 nitrogen and oxygen atoms in total. The minimum atomic E-state index is -0.443. The molecule has 28 heavy (non-hydrogen) atoms. The number of carbonyl (C=O) groups is 1. The Morgan fingerprint density at radius 1 is 1.00 bits per heavy atom. The zero-order valence-corrected chi connectivity index (χ0v) is 17.2. The fourth-order valence-corrected chi connectivity index (χ4v) is 3.02. The van der Waals surface area contributed by atoms with Gasteiger partial charge >= 0.3 is 0 Å². The fraction of sp³-hybridized carbons (Fsp3) is 0.0526. The van der Waals surface area contributed by atoms with Crippen LogP contribution in [-0.4, -0.2) is 16.1 Å². The number of aliphatic hydroxyl groups excluding tert-OH is 1. The molecule has 144 valence electrons. The Balaban J connectivity index is 1.73. The zero-order valence-electron chi connectivity index (χ0n) is 14.1. The third kappa shape index (κ3) is 4.84. The van der Waals surface area contributed by atoms with Crippen LogP contribution in [0.25, 0.3) is 11.3 Å². The Morgan fingerprint density at radius 3 is 2.43 bits per heavy atom. The Kier molecular flexibility index (Phi) is 6.59. The number of benzene rings is 2. The number of hydrogen-bond donors (Lipinski definition) is 3. The highest BCUT2D eigenvalue weighted by Crippen LogP contribution is 2.30. The monoisotopic (exact) mass is 454 g/mol. The normalized spacial score (nSPS) is 10.6. The molecule has 0 aliphatic rings. The lowest BCUT2D eigenvalue weighted by atomic mass is 10.1. The van der Waals surface area contributed by atoms with Crippen molar-refractivity contribution in [2.45, 2.75) is 6.61 Å². The minimum Gasteiger partial charge on any atom is -0.459 e. The van der Waals surface area contributed by atoms with E-state index in [0.29, 0.717) is 32.8 Å². The number of hydrogen-bond acceptors (Lipinski definition) is 4. The van der Waals surface area contributed by atoms with E-state index in [9.17, 15) is 4.79 Å². The first-order valence-electron chi connectivity index (χ1n) is 7.94. The number of nitrogens with one attached hydrogen (secondary N) is 2. The molecule has 1 aromatic heterocycles. The molecular formula is C19H13Cl3N2O3S. The number of aliphatic hydroxyl groups is 1. The molecule has 3 rings (SSSR count). The van der Waals surface area contributed by atoms with Crippen LogP contribution in [0, 0.1) is 0 Å². The van der Waals surface area contributed by atoms with Crippen LogP contribution in [-0.2, 0) is 6.61 Å². The molecular weight excluding hydrogens is 443 g/mol. The number of rotatable bonds is 4. The van der Waals surface area contributed by atoms with Crippen LogP contribution in [0.15, 0.2) is 52.9 Å². The molecule has 0 bridgehead atoms. The molecule has 0 unspecified atom stereocenters. The van der Waals surface area contributed by atoms with Crippen LogP contribution >= 0.6 is 47.0 Å². The predicted octanol–water partition coefficient (Wildman–Crippen LogP) is 5.53. The fourth-order valence-electron chi connectivity index (χ4n) is 2.36. The second-order valence-electron chi connectivity index (χ2n) is 5.66. The molecule has 1 amide bonds. The first kappa shape index (κ1) is 20.6. The van der Waals surface area contributed by atoms with E-state index in [1.807, 2.05) is 0 Å². The molecule has 2 aromatic carbocycles. The summed E-state index contributed by atoms with van der Waals surface area (Å²) >= 11 is 23.2. The van der Waals surface area contributed by atoms with Gasteiger partial charge in [0.05, 0.1) is 20.8 Å². The molecule has 0 aliphatic heterocycles. The number of amides is 1. The summed E-state index contributed by atoms with van der Waals surface area (Å²) in [4.78, 5) is 12.3. The topological polar surface area (TPSA) is 74.5 Å². The van der Waals surface area contributed by atoms with Crippen LogP contribution in [0.3, 0.4) is 0 Å². The maximum absolute atomic E-state index is 12.3. The maximum Gasteiger partial charge on any atom is 0.257 e. The van der Waals surface area contributed by atoms with Gasteiger partial charge in [-0.05, 0) is 60.7 Å². The van der Waals surface area contributed by atoms with Crippen molar-refractivity contribution in [2.75, 3.05) is 5.32 Å². The molecule has 0 radical (unpaired) electrons. The molecule has 0 saturated heterocycles. The summed E-state index contributed by atoms with van der Waals surface area (Å²) in [5.74, 6) is 0.570. The van der Waals surface area contributed by atoms with Gasteiger partial charge in [0.1, 0.15) is 18.1 Å². The number of anilines is 1. The highest BCUT2D eigenvalue weighted by atomic mass is 35.5. The number of halogens is 3. The molecule has 9 heteroatoms. The van der Waals surface area contributed by atoms with E-state index in [4.69, 9.17) is 56.5 Å². The Hall–Kier alpha value is -2.09. The van der Waals surface area contributed by atoms with E-state index in [1.54, 1.807) is 30.3 Å². The summed E-state index contributed by atoms with van der Waals surface area (Å²) in [5, 5.41) is 15.7. The summed E-state index contributed by atoms with van der Waals surface area (Å²) in [6.45, 7) is -0.191. The summed E-state index contributed by atoms with van der Waals surface area (Å²) in [5.41, 5.74) is 1.52. The van der Waals surface area contributed by atoms with Crippen LogP contribution in [0.5, 0.6) is 0 Å². The molecule has 0 spiro atoms. The summed E-state index contributed by atoms with van der Waals surface area (Å²) < 4.78 is 5.52. The van der Waals surface area contributed by atoms with Crippen LogP contribution in [0.2, 0.25) is 15.1 Å². The van der Waals surface area contributed by atoms with Gasteiger partial charge in [0, 0.05) is 11.1 Å². The van der Waals surface area contributed by atoms with Gasteiger partial charge in [-0.1, -0.05) is 34.8 Å². The van der Waals surface area contributed by atoms with E-state index in [2.05, 4.69) is 10.6 Å². The first-order valence-corrected chi connectivity index (χ1v) is 9.48. The van der Waals surface area contributed by atoms with E-state index in [0.717, 1.165) is 5.56 Å². The highest BCUT2D eigenvalue weighted by molar-refractivity contribution is 7.80. The van der Waals surface area contributed by atoms with Gasteiger partial charge in [-0.2, -0.15) is 0 Å². The van der Waals surface area contributed by atoms with Gasteiger partial charge in [-0.3, -0.25) is 10.1 Å². The van der Waals surface area contributed by atoms with Gasteiger partial charge in [-0.25, -0.2) is 0 Å². The third-order valence-corrected chi connectivity index (χ3v) is 5.00. The second kappa shape index (κ2) is 8.94. The van der Waals surface area contributed by atoms with Crippen LogP contribution < -0.4 is 10.6 Å². The Morgan fingerprint density at radius 2 is 1.75 bits per heavy atom. The van der Waals surface area contributed by atoms with Crippen molar-refractivity contribution >= 4 is 63.7 Å². The molecule has 0 saturated carbocycles. The molecule has 3 aromatic rings. The van der Waals surface area contributed by atoms with E-state index in [-0.39, 0.29) is 16.7 Å². The Bertz CT molecular complexity index is 1050. The van der Waals surface area contributed by atoms with Crippen molar-refractivity contribution in [3.8, 4) is 11.3 Å². The van der Waals surface area contributed by atoms with Crippen molar-refractivity contribution in [2.24, 2.45) is 0 Å². The van der Waals surface area contributed by atoms with Gasteiger partial charge in [0.15, 0.2) is 5.11 Å². The van der Waals surface area contributed by atoms with E-state index < -0.39 is 5.91 Å². The standard InChI is InChI=1S/C19H13Cl3N2O3S/c20-13-4-2-11(7-15(13)22)18(26)24-19(28)23-16-8-10(1-5-14(16)21)17-6-3-12(9-25)27-17/h1-8,25H,9H2,(H2,23,24,26,28). The van der Waals surface area contributed by atoms with Gasteiger partial charge in [-0.15, -0.1) is 0 Å². The quantitative estimate of drug-likeness (QED) is 0.451. The molecule has 0 atom stereocenters. The number of thiocarbonyl (C=S) groups is 1. The Labute approximate surface area is 181 Å². The summed E-state index contributed by atoms with van der Waals surface area (Å²) in [7, 11) is 0. The van der Waals surface area contributed by atoms with Crippen molar-refractivity contribution < 1.29 is 14.3 Å². The van der Waals surface area contributed by atoms with Crippen molar-refractivity contribution in [3.63, 3.8) is 0 Å².